The molecule has 0 aromatic carbocycles. The van der Waals surface area contributed by atoms with Gasteiger partial charge in [-0.15, -0.1) is 0 Å². The molecule has 0 aliphatic heterocycles. The normalized spacial score (nSPS) is 16.7. The van der Waals surface area contributed by atoms with Crippen molar-refractivity contribution in [3.05, 3.63) is 0 Å². The van der Waals surface area contributed by atoms with Crippen LogP contribution in [0.5, 0.6) is 0 Å². The predicted octanol–water partition coefficient (Wildman–Crippen LogP) is 6.57. The molecule has 0 aromatic heterocycles. The van der Waals surface area contributed by atoms with E-state index in [1.165, 1.54) is 0 Å². The fourth-order valence-electron chi connectivity index (χ4n) is 1.28. The van der Waals surface area contributed by atoms with Gasteiger partial charge in [0.05, 0.1) is 0 Å². The van der Waals surface area contributed by atoms with Crippen LogP contribution in [0.25, 0.3) is 0 Å². The Morgan fingerprint density at radius 2 is 0.444 bits per heavy atom. The first-order valence-electron chi connectivity index (χ1n) is 5.31. The Labute approximate surface area is 138 Å². The van der Waals surface area contributed by atoms with E-state index >= 15 is 0 Å². The highest BCUT2D eigenvalue weighted by atomic mass is 32.2. The van der Waals surface area contributed by atoms with Crippen molar-refractivity contribution in [3.8, 4) is 0 Å². The number of rotatable bonds is 4. The van der Waals surface area contributed by atoms with E-state index < -0.39 is 58.3 Å². The number of alkyl halides is 18. The summed E-state index contributed by atoms with van der Waals surface area (Å²) in [6.45, 7) is 0. The summed E-state index contributed by atoms with van der Waals surface area (Å²) >= 11 is -4.07. The average Bonchev–Trinajstić information content (AvgIpc) is 2.29. The van der Waals surface area contributed by atoms with Crippen molar-refractivity contribution in [2.45, 2.75) is 46.6 Å². The highest BCUT2D eigenvalue weighted by molar-refractivity contribution is 8.01. The minimum absolute atomic E-state index is 4.07. The largest absolute Gasteiger partial charge is 0.438 e. The molecule has 0 heterocycles. The van der Waals surface area contributed by atoms with E-state index in [0.29, 0.717) is 0 Å². The Balaban J connectivity index is 6.60. The van der Waals surface area contributed by atoms with Gasteiger partial charge in [0.1, 0.15) is 0 Å². The summed E-state index contributed by atoms with van der Waals surface area (Å²) in [5, 5.41) is -15.6. The van der Waals surface area contributed by atoms with E-state index in [0.717, 1.165) is 0 Å². The third-order valence-corrected chi connectivity index (χ3v) is 3.70. The monoisotopic (exact) mass is 470 g/mol. The zero-order chi connectivity index (χ0) is 22.7. The van der Waals surface area contributed by atoms with Gasteiger partial charge in [0.15, 0.2) is 0 Å². The van der Waals surface area contributed by atoms with Crippen LogP contribution in [-0.2, 0) is 0 Å². The van der Waals surface area contributed by atoms with Crippen molar-refractivity contribution in [1.82, 2.24) is 0 Å². The van der Waals surface area contributed by atoms with Gasteiger partial charge in [0.2, 0.25) is 0 Å². The minimum Gasteiger partial charge on any atom is -0.215 e. The maximum Gasteiger partial charge on any atom is 0.438 e. The molecule has 0 aliphatic carbocycles. The molecule has 0 nitrogen and oxygen atoms in total. The summed E-state index contributed by atoms with van der Waals surface area (Å²) in [5.41, 5.74) is -16.1. The first-order chi connectivity index (χ1) is 11.2. The lowest BCUT2D eigenvalue weighted by Gasteiger charge is -2.40. The fraction of sp³-hybridized carbons (Fsp3) is 1.00. The van der Waals surface area contributed by atoms with Crippen LogP contribution in [-0.4, -0.2) is 46.6 Å². The third kappa shape index (κ3) is 3.83. The summed E-state index contributed by atoms with van der Waals surface area (Å²) in [6.07, 6.45) is -31.4. The third-order valence-electron chi connectivity index (χ3n) is 2.62. The lowest BCUT2D eigenvalue weighted by molar-refractivity contribution is -0.384. The second kappa shape index (κ2) is 6.30. The standard InChI is InChI=1S/C8F18S/c9-1(3(11,12)13,4(14,15)16)7(23,24)27-8(25,26)2(10,5(17,18)19)6(20,21)22. The van der Waals surface area contributed by atoms with Crippen molar-refractivity contribution in [1.29, 1.82) is 0 Å². The molecule has 0 N–H and O–H groups in total. The maximum absolute atomic E-state index is 13.1. The van der Waals surface area contributed by atoms with E-state index in [1.807, 2.05) is 0 Å². The van der Waals surface area contributed by atoms with E-state index in [1.54, 1.807) is 0 Å². The van der Waals surface area contributed by atoms with E-state index in [2.05, 4.69) is 0 Å². The molecule has 0 aromatic rings. The maximum atomic E-state index is 13.1. The topological polar surface area (TPSA) is 0 Å². The quantitative estimate of drug-likeness (QED) is 0.419. The van der Waals surface area contributed by atoms with Gasteiger partial charge in [0.25, 0.3) is 0 Å². The van der Waals surface area contributed by atoms with Crippen LogP contribution in [0.1, 0.15) is 0 Å². The molecule has 0 bridgehead atoms. The molecule has 164 valence electrons. The Bertz CT molecular complexity index is 454. The summed E-state index contributed by atoms with van der Waals surface area (Å²) in [7, 11) is 0. The zero-order valence-corrected chi connectivity index (χ0v) is 12.0. The van der Waals surface area contributed by atoms with Crippen LogP contribution in [0.4, 0.5) is 79.0 Å². The van der Waals surface area contributed by atoms with Crippen LogP contribution < -0.4 is 0 Å². The summed E-state index contributed by atoms with van der Waals surface area (Å²) in [5.74, 6) is 0. The molecule has 27 heavy (non-hydrogen) atoms. The highest BCUT2D eigenvalue weighted by Crippen LogP contribution is 2.66. The lowest BCUT2D eigenvalue weighted by atomic mass is 10.1. The van der Waals surface area contributed by atoms with Gasteiger partial charge in [-0.05, 0) is 11.8 Å². The van der Waals surface area contributed by atoms with E-state index in [9.17, 15) is 79.0 Å². The predicted molar refractivity (Wildman–Crippen MR) is 49.4 cm³/mol. The number of hydrogen-bond acceptors (Lipinski definition) is 1. The first kappa shape index (κ1) is 26.1. The second-order valence-electron chi connectivity index (χ2n) is 4.44. The van der Waals surface area contributed by atoms with Gasteiger partial charge in [-0.1, -0.05) is 0 Å². The Hall–Kier alpha value is -0.910. The molecule has 0 fully saturated rings. The molecule has 0 amide bonds. The molecular weight excluding hydrogens is 470 g/mol. The molecule has 0 atom stereocenters. The summed E-state index contributed by atoms with van der Waals surface area (Å²) < 4.78 is 223. The van der Waals surface area contributed by atoms with Gasteiger partial charge in [-0.2, -0.15) is 70.2 Å². The first-order valence-corrected chi connectivity index (χ1v) is 6.13. The van der Waals surface area contributed by atoms with Gasteiger partial charge in [-0.3, -0.25) is 0 Å². The summed E-state index contributed by atoms with van der Waals surface area (Å²) in [4.78, 5) is 0. The van der Waals surface area contributed by atoms with E-state index in [-0.39, 0.29) is 0 Å². The van der Waals surface area contributed by atoms with Crippen molar-refractivity contribution in [2.75, 3.05) is 0 Å². The fourth-order valence-corrected chi connectivity index (χ4v) is 2.35. The van der Waals surface area contributed by atoms with Gasteiger partial charge >= 0.3 is 46.6 Å². The van der Waals surface area contributed by atoms with Crippen LogP contribution >= 0.6 is 11.8 Å². The van der Waals surface area contributed by atoms with Crippen molar-refractivity contribution in [3.63, 3.8) is 0 Å². The molecule has 0 rings (SSSR count). The van der Waals surface area contributed by atoms with Gasteiger partial charge < -0.3 is 0 Å². The molecule has 0 saturated heterocycles. The average molecular weight is 470 g/mol. The minimum atomic E-state index is -8.06. The molecule has 0 spiro atoms. The van der Waals surface area contributed by atoms with Gasteiger partial charge in [-0.25, -0.2) is 8.78 Å². The number of thioether (sulfide) groups is 1. The smallest absolute Gasteiger partial charge is 0.215 e. The second-order valence-corrected chi connectivity index (χ2v) is 5.67. The number of halogens is 18. The Morgan fingerprint density at radius 1 is 0.296 bits per heavy atom. The Kier molecular flexibility index (Phi) is 6.08. The highest BCUT2D eigenvalue weighted by Gasteiger charge is 2.90. The van der Waals surface area contributed by atoms with Crippen molar-refractivity contribution in [2.24, 2.45) is 0 Å². The van der Waals surface area contributed by atoms with Gasteiger partial charge in [0, 0.05) is 0 Å². The SMILES string of the molecule is FC(F)(F)C(F)(C(F)(F)F)C(F)(F)SC(F)(F)C(F)(C(F)(F)F)C(F)(F)F. The van der Waals surface area contributed by atoms with Crippen LogP contribution in [0.3, 0.4) is 0 Å². The van der Waals surface area contributed by atoms with Crippen molar-refractivity contribution < 1.29 is 79.0 Å². The molecule has 0 saturated carbocycles. The number of hydrogen-bond donors (Lipinski definition) is 0. The molecular formula is C8F18S. The molecule has 19 heteroatoms. The Morgan fingerprint density at radius 3 is 0.556 bits per heavy atom. The van der Waals surface area contributed by atoms with Crippen LogP contribution in [0.2, 0.25) is 0 Å². The zero-order valence-electron chi connectivity index (χ0n) is 11.2. The lowest BCUT2D eigenvalue weighted by Crippen LogP contribution is -2.67. The molecule has 0 aliphatic rings. The van der Waals surface area contributed by atoms with Crippen LogP contribution in [0.15, 0.2) is 0 Å². The molecule has 0 unspecified atom stereocenters. The van der Waals surface area contributed by atoms with Crippen LogP contribution in [0, 0.1) is 0 Å². The molecule has 0 radical (unpaired) electrons. The van der Waals surface area contributed by atoms with E-state index in [4.69, 9.17) is 0 Å². The van der Waals surface area contributed by atoms with Crippen molar-refractivity contribution >= 4 is 11.8 Å². The summed E-state index contributed by atoms with van der Waals surface area (Å²) in [6, 6.07) is 0.